The monoisotopic (exact) mass is 433 g/mol. The van der Waals surface area contributed by atoms with Crippen molar-refractivity contribution in [3.05, 3.63) is 68.2 Å². The van der Waals surface area contributed by atoms with E-state index in [2.05, 4.69) is 33.2 Å². The molecule has 1 fully saturated rings. The molecule has 0 radical (unpaired) electrons. The molecule has 2 aromatic rings. The van der Waals surface area contributed by atoms with Crippen LogP contribution in [0, 0.1) is 10.1 Å². The Labute approximate surface area is 167 Å². The van der Waals surface area contributed by atoms with E-state index in [9.17, 15) is 10.1 Å². The first-order valence-corrected chi connectivity index (χ1v) is 9.87. The van der Waals surface area contributed by atoms with E-state index < -0.39 is 0 Å². The molecule has 6 nitrogen and oxygen atoms in total. The second-order valence-electron chi connectivity index (χ2n) is 6.92. The highest BCUT2D eigenvalue weighted by atomic mass is 79.9. The van der Waals surface area contributed by atoms with E-state index in [1.54, 1.807) is 12.1 Å². The van der Waals surface area contributed by atoms with Crippen molar-refractivity contribution in [3.63, 3.8) is 0 Å². The zero-order valence-electron chi connectivity index (χ0n) is 15.4. The summed E-state index contributed by atoms with van der Waals surface area (Å²) in [5.41, 5.74) is 1.96. The Hall–Kier alpha value is -1.96. The number of rotatable bonds is 7. The first-order chi connectivity index (χ1) is 13.0. The highest BCUT2D eigenvalue weighted by Crippen LogP contribution is 2.26. The van der Waals surface area contributed by atoms with Gasteiger partial charge in [0.1, 0.15) is 12.4 Å². The SMILES string of the molecule is CN1CCC(NCc2cc([N+](=O)[O-])ccc2OCc2ccc(Br)cc2)CC1. The molecule has 1 heterocycles. The lowest BCUT2D eigenvalue weighted by atomic mass is 10.0. The molecule has 27 heavy (non-hydrogen) atoms. The largest absolute Gasteiger partial charge is 0.489 e. The summed E-state index contributed by atoms with van der Waals surface area (Å²) in [6, 6.07) is 13.2. The molecule has 1 N–H and O–H groups in total. The van der Waals surface area contributed by atoms with Crippen molar-refractivity contribution in [2.24, 2.45) is 0 Å². The number of halogens is 1. The predicted octanol–water partition coefficient (Wildman–Crippen LogP) is 4.12. The zero-order chi connectivity index (χ0) is 19.2. The number of nitrogens with one attached hydrogen (secondary N) is 1. The smallest absolute Gasteiger partial charge is 0.270 e. The third-order valence-corrected chi connectivity index (χ3v) is 5.39. The van der Waals surface area contributed by atoms with Crippen LogP contribution in [-0.2, 0) is 13.2 Å². The molecule has 0 bridgehead atoms. The maximum atomic E-state index is 11.2. The lowest BCUT2D eigenvalue weighted by Crippen LogP contribution is -2.40. The van der Waals surface area contributed by atoms with Crippen molar-refractivity contribution in [1.82, 2.24) is 10.2 Å². The van der Waals surface area contributed by atoms with Crippen molar-refractivity contribution >= 4 is 21.6 Å². The van der Waals surface area contributed by atoms with Crippen LogP contribution in [0.3, 0.4) is 0 Å². The van der Waals surface area contributed by atoms with Crippen LogP contribution in [0.15, 0.2) is 46.9 Å². The van der Waals surface area contributed by atoms with E-state index in [4.69, 9.17) is 4.74 Å². The van der Waals surface area contributed by atoms with Crippen molar-refractivity contribution in [3.8, 4) is 5.75 Å². The molecule has 0 atom stereocenters. The quantitative estimate of drug-likeness (QED) is 0.525. The molecule has 1 aliphatic heterocycles. The molecule has 2 aromatic carbocycles. The molecule has 0 amide bonds. The minimum atomic E-state index is -0.364. The van der Waals surface area contributed by atoms with Gasteiger partial charge < -0.3 is 15.0 Å². The number of nitrogens with zero attached hydrogens (tertiary/aromatic N) is 2. The fourth-order valence-corrected chi connectivity index (χ4v) is 3.43. The first-order valence-electron chi connectivity index (χ1n) is 9.08. The average molecular weight is 434 g/mol. The standard InChI is InChI=1S/C20H24BrN3O3/c1-23-10-8-18(9-11-23)22-13-16-12-19(24(25)26)6-7-20(16)27-14-15-2-4-17(21)5-3-15/h2-7,12,18,22H,8-11,13-14H2,1H3. The van der Waals surface area contributed by atoms with Crippen LogP contribution in [0.4, 0.5) is 5.69 Å². The van der Waals surface area contributed by atoms with Gasteiger partial charge in [0.15, 0.2) is 0 Å². The molecule has 7 heteroatoms. The highest BCUT2D eigenvalue weighted by molar-refractivity contribution is 9.10. The summed E-state index contributed by atoms with van der Waals surface area (Å²) in [5, 5.41) is 14.7. The molecule has 144 valence electrons. The second-order valence-corrected chi connectivity index (χ2v) is 7.84. The van der Waals surface area contributed by atoms with Crippen LogP contribution < -0.4 is 10.1 Å². The van der Waals surface area contributed by atoms with Gasteiger partial charge in [-0.25, -0.2) is 0 Å². The number of benzene rings is 2. The molecule has 0 spiro atoms. The van der Waals surface area contributed by atoms with Crippen LogP contribution in [0.1, 0.15) is 24.0 Å². The predicted molar refractivity (Wildman–Crippen MR) is 109 cm³/mol. The summed E-state index contributed by atoms with van der Waals surface area (Å²) in [6.45, 7) is 3.12. The van der Waals surface area contributed by atoms with E-state index in [0.717, 1.165) is 41.5 Å². The van der Waals surface area contributed by atoms with Crippen molar-refractivity contribution in [2.75, 3.05) is 20.1 Å². The van der Waals surface area contributed by atoms with Gasteiger partial charge in [-0.3, -0.25) is 10.1 Å². The molecular formula is C20H24BrN3O3. The number of non-ortho nitro benzene ring substituents is 1. The van der Waals surface area contributed by atoms with Gasteiger partial charge in [0.25, 0.3) is 5.69 Å². The van der Waals surface area contributed by atoms with Gasteiger partial charge in [-0.1, -0.05) is 28.1 Å². The molecular weight excluding hydrogens is 410 g/mol. The lowest BCUT2D eigenvalue weighted by molar-refractivity contribution is -0.384. The lowest BCUT2D eigenvalue weighted by Gasteiger charge is -2.29. The number of nitro groups is 1. The number of piperidine rings is 1. The molecule has 0 aliphatic carbocycles. The van der Waals surface area contributed by atoms with Crippen LogP contribution in [-0.4, -0.2) is 36.0 Å². The van der Waals surface area contributed by atoms with Crippen molar-refractivity contribution in [1.29, 1.82) is 0 Å². The zero-order valence-corrected chi connectivity index (χ0v) is 16.9. The van der Waals surface area contributed by atoms with Gasteiger partial charge in [0.05, 0.1) is 4.92 Å². The minimum Gasteiger partial charge on any atom is -0.489 e. The Bertz CT molecular complexity index is 775. The summed E-state index contributed by atoms with van der Waals surface area (Å²) in [5.74, 6) is 0.684. The fraction of sp³-hybridized carbons (Fsp3) is 0.400. The second kappa shape index (κ2) is 9.30. The Kier molecular flexibility index (Phi) is 6.82. The van der Waals surface area contributed by atoms with Gasteiger partial charge in [0.2, 0.25) is 0 Å². The average Bonchev–Trinajstić information content (AvgIpc) is 2.67. The van der Waals surface area contributed by atoms with Gasteiger partial charge >= 0.3 is 0 Å². The van der Waals surface area contributed by atoms with E-state index in [1.807, 2.05) is 24.3 Å². The molecule has 1 saturated heterocycles. The topological polar surface area (TPSA) is 67.6 Å². The summed E-state index contributed by atoms with van der Waals surface area (Å²) in [7, 11) is 2.13. The Morgan fingerprint density at radius 1 is 1.22 bits per heavy atom. The van der Waals surface area contributed by atoms with E-state index in [1.165, 1.54) is 6.07 Å². The summed E-state index contributed by atoms with van der Waals surface area (Å²) < 4.78 is 6.99. The third-order valence-electron chi connectivity index (χ3n) is 4.86. The normalized spacial score (nSPS) is 15.6. The van der Waals surface area contributed by atoms with Crippen LogP contribution in [0.25, 0.3) is 0 Å². The summed E-state index contributed by atoms with van der Waals surface area (Å²) >= 11 is 3.42. The number of likely N-dealkylation sites (tertiary alicyclic amines) is 1. The van der Waals surface area contributed by atoms with Gasteiger partial charge in [0, 0.05) is 34.8 Å². The van der Waals surface area contributed by atoms with Crippen LogP contribution >= 0.6 is 15.9 Å². The Balaban J connectivity index is 1.68. The van der Waals surface area contributed by atoms with Crippen molar-refractivity contribution in [2.45, 2.75) is 32.0 Å². The number of nitro benzene ring substituents is 1. The van der Waals surface area contributed by atoms with Gasteiger partial charge in [-0.2, -0.15) is 0 Å². The van der Waals surface area contributed by atoms with E-state index >= 15 is 0 Å². The van der Waals surface area contributed by atoms with E-state index in [0.29, 0.717) is 24.9 Å². The molecule has 0 unspecified atom stereocenters. The number of hydrogen-bond acceptors (Lipinski definition) is 5. The van der Waals surface area contributed by atoms with Crippen LogP contribution in [0.2, 0.25) is 0 Å². The fourth-order valence-electron chi connectivity index (χ4n) is 3.17. The van der Waals surface area contributed by atoms with Crippen LogP contribution in [0.5, 0.6) is 5.75 Å². The number of ether oxygens (including phenoxy) is 1. The Morgan fingerprint density at radius 2 is 1.93 bits per heavy atom. The first kappa shape index (κ1) is 19.8. The molecule has 0 aromatic heterocycles. The maximum Gasteiger partial charge on any atom is 0.270 e. The highest BCUT2D eigenvalue weighted by Gasteiger charge is 2.18. The van der Waals surface area contributed by atoms with Crippen molar-refractivity contribution < 1.29 is 9.66 Å². The Morgan fingerprint density at radius 3 is 2.59 bits per heavy atom. The summed E-state index contributed by atoms with van der Waals surface area (Å²) in [4.78, 5) is 13.1. The molecule has 3 rings (SSSR count). The summed E-state index contributed by atoms with van der Waals surface area (Å²) in [6.07, 6.45) is 2.17. The molecule has 0 saturated carbocycles. The maximum absolute atomic E-state index is 11.2. The minimum absolute atomic E-state index is 0.0890. The van der Waals surface area contributed by atoms with Gasteiger partial charge in [-0.05, 0) is 56.7 Å². The third kappa shape index (κ3) is 5.76. The van der Waals surface area contributed by atoms with Gasteiger partial charge in [-0.15, -0.1) is 0 Å². The van der Waals surface area contributed by atoms with E-state index in [-0.39, 0.29) is 10.6 Å². The molecule has 1 aliphatic rings. The number of hydrogen-bond donors (Lipinski definition) is 1.